The molecule has 1 unspecified atom stereocenters. The molecule has 6 rings (SSSR count). The van der Waals surface area contributed by atoms with Crippen LogP contribution in [0.15, 0.2) is 35.4 Å². The lowest BCUT2D eigenvalue weighted by atomic mass is 10.3. The largest absolute Gasteiger partial charge is 0.381 e. The zero-order valence-corrected chi connectivity index (χ0v) is 18.3. The van der Waals surface area contributed by atoms with Gasteiger partial charge in [-0.1, -0.05) is 0 Å². The Hall–Kier alpha value is -3.44. The molecule has 3 aliphatic rings. The Morgan fingerprint density at radius 2 is 2.12 bits per heavy atom. The smallest absolute Gasteiger partial charge is 0.274 e. The van der Waals surface area contributed by atoms with Crippen LogP contribution in [0, 0.1) is 11.8 Å². The Labute approximate surface area is 189 Å². The maximum Gasteiger partial charge on any atom is 0.274 e. The van der Waals surface area contributed by atoms with Gasteiger partial charge in [0.25, 0.3) is 11.5 Å². The second-order valence-electron chi connectivity index (χ2n) is 8.78. The Bertz CT molecular complexity index is 1290. The van der Waals surface area contributed by atoms with Gasteiger partial charge in [-0.05, 0) is 18.6 Å². The highest BCUT2D eigenvalue weighted by Gasteiger charge is 2.55. The standard InChI is InChI=1S/C22H25N7O4/c1-23-18-7-17(25-14-4-3-5-28(22(14)31)19-12-9-33-10-13(12)19)27-20-11(8-24-29(18)20)21(30)26-15-6-16(15)32-2/h3-5,7-8,12-13,15-16,19,23H,6,9-10H2,1-2H3,(H,25,27)(H,26,30)/t12-,13+,15-,16-,19?/m0/s1. The van der Waals surface area contributed by atoms with E-state index in [9.17, 15) is 9.59 Å². The number of methoxy groups -OCH3 is 1. The van der Waals surface area contributed by atoms with Crippen molar-refractivity contribution in [2.24, 2.45) is 11.8 Å². The summed E-state index contributed by atoms with van der Waals surface area (Å²) in [5, 5.41) is 13.5. The zero-order chi connectivity index (χ0) is 22.7. The molecule has 3 N–H and O–H groups in total. The predicted octanol–water partition coefficient (Wildman–Crippen LogP) is 1.01. The van der Waals surface area contributed by atoms with E-state index in [2.05, 4.69) is 26.0 Å². The van der Waals surface area contributed by atoms with Crippen molar-refractivity contribution in [3.05, 3.63) is 46.5 Å². The normalized spacial score (nSPS) is 27.3. The van der Waals surface area contributed by atoms with E-state index < -0.39 is 0 Å². The molecular formula is C22H25N7O4. The Balaban J connectivity index is 1.31. The molecule has 172 valence electrons. The first-order valence-electron chi connectivity index (χ1n) is 11.0. The Morgan fingerprint density at radius 1 is 1.30 bits per heavy atom. The van der Waals surface area contributed by atoms with E-state index >= 15 is 0 Å². The van der Waals surface area contributed by atoms with Crippen LogP contribution in [0.1, 0.15) is 22.8 Å². The fraction of sp³-hybridized carbons (Fsp3) is 0.455. The number of nitrogens with zero attached hydrogens (tertiary/aromatic N) is 4. The first-order valence-corrected chi connectivity index (χ1v) is 11.0. The van der Waals surface area contributed by atoms with Gasteiger partial charge in [0, 0.05) is 44.3 Å². The number of hydrogen-bond acceptors (Lipinski definition) is 8. The van der Waals surface area contributed by atoms with Crippen LogP contribution in [0.5, 0.6) is 0 Å². The molecular weight excluding hydrogens is 426 g/mol. The van der Waals surface area contributed by atoms with Crippen molar-refractivity contribution < 1.29 is 14.3 Å². The molecule has 0 radical (unpaired) electrons. The maximum absolute atomic E-state index is 13.1. The fourth-order valence-corrected chi connectivity index (χ4v) is 4.80. The predicted molar refractivity (Wildman–Crippen MR) is 120 cm³/mol. The van der Waals surface area contributed by atoms with Gasteiger partial charge in [0.05, 0.1) is 31.6 Å². The van der Waals surface area contributed by atoms with Gasteiger partial charge in [0.2, 0.25) is 0 Å². The summed E-state index contributed by atoms with van der Waals surface area (Å²) in [6.07, 6.45) is 4.16. The zero-order valence-electron chi connectivity index (χ0n) is 18.3. The van der Waals surface area contributed by atoms with E-state index in [4.69, 9.17) is 9.47 Å². The second-order valence-corrected chi connectivity index (χ2v) is 8.78. The number of hydrogen-bond donors (Lipinski definition) is 3. The second kappa shape index (κ2) is 7.56. The van der Waals surface area contributed by atoms with Crippen molar-refractivity contribution in [2.75, 3.05) is 38.0 Å². The number of amides is 1. The molecule has 33 heavy (non-hydrogen) atoms. The number of ether oxygens (including phenoxy) is 2. The molecule has 3 aromatic heterocycles. The van der Waals surface area contributed by atoms with Crippen molar-refractivity contribution >= 4 is 28.9 Å². The van der Waals surface area contributed by atoms with Crippen LogP contribution in [0.3, 0.4) is 0 Å². The number of carbonyl (C=O) groups excluding carboxylic acids is 1. The van der Waals surface area contributed by atoms with E-state index in [1.54, 1.807) is 35.4 Å². The first-order chi connectivity index (χ1) is 16.1. The van der Waals surface area contributed by atoms with Crippen LogP contribution in [0.25, 0.3) is 5.65 Å². The molecule has 3 aromatic rings. The molecule has 5 atom stereocenters. The molecule has 0 bridgehead atoms. The van der Waals surface area contributed by atoms with Gasteiger partial charge < -0.3 is 30.0 Å². The quantitative estimate of drug-likeness (QED) is 0.486. The molecule has 1 amide bonds. The van der Waals surface area contributed by atoms with Crippen LogP contribution in [0.4, 0.5) is 17.3 Å². The minimum Gasteiger partial charge on any atom is -0.381 e. The van der Waals surface area contributed by atoms with Gasteiger partial charge in [0.1, 0.15) is 22.9 Å². The molecule has 11 heteroatoms. The maximum atomic E-state index is 13.1. The molecule has 0 aromatic carbocycles. The highest BCUT2D eigenvalue weighted by atomic mass is 16.5. The highest BCUT2D eigenvalue weighted by Crippen LogP contribution is 2.53. The van der Waals surface area contributed by atoms with Crippen molar-refractivity contribution in [1.82, 2.24) is 24.5 Å². The molecule has 2 saturated carbocycles. The number of carbonyl (C=O) groups is 1. The molecule has 11 nitrogen and oxygen atoms in total. The third kappa shape index (κ3) is 3.35. The minimum atomic E-state index is -0.259. The lowest BCUT2D eigenvalue weighted by Gasteiger charge is -2.13. The van der Waals surface area contributed by atoms with E-state index in [0.29, 0.717) is 53.6 Å². The fourth-order valence-electron chi connectivity index (χ4n) is 4.80. The number of aromatic nitrogens is 4. The minimum absolute atomic E-state index is 0.00219. The molecule has 4 heterocycles. The Morgan fingerprint density at radius 3 is 2.85 bits per heavy atom. The summed E-state index contributed by atoms with van der Waals surface area (Å²) in [6, 6.07) is 5.54. The number of anilines is 3. The average molecular weight is 451 g/mol. The van der Waals surface area contributed by atoms with Crippen LogP contribution >= 0.6 is 0 Å². The number of fused-ring (bicyclic) bond motifs is 2. The SMILES string of the molecule is CNc1cc(Nc2cccn(C3[C@H]4COC[C@@H]34)c2=O)nc2c(C(=O)N[C@H]3C[C@@H]3OC)cnn12. The number of nitrogens with one attached hydrogen (secondary N) is 3. The van der Waals surface area contributed by atoms with Crippen molar-refractivity contribution in [3.8, 4) is 0 Å². The summed E-state index contributed by atoms with van der Waals surface area (Å²) >= 11 is 0. The highest BCUT2D eigenvalue weighted by molar-refractivity contribution is 6.00. The van der Waals surface area contributed by atoms with E-state index in [0.717, 1.165) is 6.42 Å². The van der Waals surface area contributed by atoms with Crippen LogP contribution in [-0.2, 0) is 9.47 Å². The average Bonchev–Trinajstić information content (AvgIpc) is 3.58. The van der Waals surface area contributed by atoms with E-state index in [-0.39, 0.29) is 29.7 Å². The molecule has 1 aliphatic heterocycles. The van der Waals surface area contributed by atoms with Crippen LogP contribution in [-0.4, -0.2) is 64.6 Å². The summed E-state index contributed by atoms with van der Waals surface area (Å²) in [4.78, 5) is 30.6. The summed E-state index contributed by atoms with van der Waals surface area (Å²) in [5.74, 6) is 1.65. The lowest BCUT2D eigenvalue weighted by molar-refractivity contribution is 0.0936. The summed E-state index contributed by atoms with van der Waals surface area (Å²) in [6.45, 7) is 1.42. The van der Waals surface area contributed by atoms with Crippen molar-refractivity contribution in [2.45, 2.75) is 24.6 Å². The topological polar surface area (TPSA) is 124 Å². The summed E-state index contributed by atoms with van der Waals surface area (Å²) in [5.41, 5.74) is 1.07. The van der Waals surface area contributed by atoms with Crippen LogP contribution < -0.4 is 21.5 Å². The first kappa shape index (κ1) is 20.2. The summed E-state index contributed by atoms with van der Waals surface area (Å²) in [7, 11) is 3.39. The third-order valence-electron chi connectivity index (χ3n) is 6.79. The molecule has 3 fully saturated rings. The van der Waals surface area contributed by atoms with Gasteiger partial charge in [-0.15, -0.1) is 0 Å². The van der Waals surface area contributed by atoms with Gasteiger partial charge in [-0.25, -0.2) is 4.98 Å². The van der Waals surface area contributed by atoms with Crippen molar-refractivity contribution in [3.63, 3.8) is 0 Å². The molecule has 0 spiro atoms. The number of pyridine rings is 1. The van der Waals surface area contributed by atoms with E-state index in [1.807, 2.05) is 12.3 Å². The van der Waals surface area contributed by atoms with Crippen LogP contribution in [0.2, 0.25) is 0 Å². The lowest BCUT2D eigenvalue weighted by Crippen LogP contribution is -2.28. The van der Waals surface area contributed by atoms with Gasteiger partial charge in [0.15, 0.2) is 5.65 Å². The van der Waals surface area contributed by atoms with Gasteiger partial charge in [-0.3, -0.25) is 9.59 Å². The van der Waals surface area contributed by atoms with E-state index in [1.165, 1.54) is 6.20 Å². The van der Waals surface area contributed by atoms with Gasteiger partial charge in [-0.2, -0.15) is 9.61 Å². The van der Waals surface area contributed by atoms with Crippen molar-refractivity contribution in [1.29, 1.82) is 0 Å². The Kier molecular flexibility index (Phi) is 4.63. The van der Waals surface area contributed by atoms with Gasteiger partial charge >= 0.3 is 0 Å². The third-order valence-corrected chi connectivity index (χ3v) is 6.79. The number of rotatable bonds is 7. The molecule has 1 saturated heterocycles. The summed E-state index contributed by atoms with van der Waals surface area (Å²) < 4.78 is 14.1. The molecule has 2 aliphatic carbocycles. The monoisotopic (exact) mass is 451 g/mol.